The van der Waals surface area contributed by atoms with Crippen LogP contribution in [-0.2, 0) is 16.1 Å². The summed E-state index contributed by atoms with van der Waals surface area (Å²) in [7, 11) is 1.43. The highest BCUT2D eigenvalue weighted by Gasteiger charge is 2.21. The zero-order valence-electron chi connectivity index (χ0n) is 13.3. The van der Waals surface area contributed by atoms with Gasteiger partial charge in [0.2, 0.25) is 0 Å². The molecular formula is C15H23N3O2S. The second kappa shape index (κ2) is 6.58. The van der Waals surface area contributed by atoms with Crippen LogP contribution in [-0.4, -0.2) is 28.5 Å². The summed E-state index contributed by atoms with van der Waals surface area (Å²) in [6.07, 6.45) is 2.85. The molecule has 1 unspecified atom stereocenters. The number of carbonyl (C=O) groups is 1. The van der Waals surface area contributed by atoms with Crippen molar-refractivity contribution in [3.05, 3.63) is 22.5 Å². The van der Waals surface area contributed by atoms with Crippen molar-refractivity contribution in [1.29, 1.82) is 0 Å². The van der Waals surface area contributed by atoms with E-state index in [-0.39, 0.29) is 12.0 Å². The number of carbonyl (C=O) groups excluding carboxylic acids is 1. The molecule has 1 atom stereocenters. The highest BCUT2D eigenvalue weighted by molar-refractivity contribution is 7.17. The van der Waals surface area contributed by atoms with E-state index in [1.165, 1.54) is 12.0 Å². The van der Waals surface area contributed by atoms with Crippen LogP contribution >= 0.6 is 11.3 Å². The number of hydrogen-bond donors (Lipinski definition) is 1. The van der Waals surface area contributed by atoms with Crippen LogP contribution in [0.25, 0.3) is 4.96 Å². The molecule has 2 aromatic heterocycles. The van der Waals surface area contributed by atoms with Crippen molar-refractivity contribution in [2.24, 2.45) is 5.92 Å². The summed E-state index contributed by atoms with van der Waals surface area (Å²) in [4.78, 5) is 18.6. The van der Waals surface area contributed by atoms with E-state index in [1.54, 1.807) is 11.3 Å². The molecule has 0 aliphatic rings. The fourth-order valence-corrected chi connectivity index (χ4v) is 3.31. The third-order valence-corrected chi connectivity index (χ3v) is 4.35. The molecule has 0 saturated heterocycles. The number of methoxy groups -OCH3 is 1. The van der Waals surface area contributed by atoms with E-state index in [9.17, 15) is 4.79 Å². The lowest BCUT2D eigenvalue weighted by Crippen LogP contribution is -2.38. The Morgan fingerprint density at radius 2 is 2.19 bits per heavy atom. The van der Waals surface area contributed by atoms with Gasteiger partial charge in [0.25, 0.3) is 0 Å². The molecule has 6 heteroatoms. The number of nitrogens with one attached hydrogen (secondary N) is 1. The molecule has 0 saturated carbocycles. The zero-order valence-corrected chi connectivity index (χ0v) is 14.1. The summed E-state index contributed by atoms with van der Waals surface area (Å²) in [6, 6.07) is -0.278. The van der Waals surface area contributed by atoms with Crippen molar-refractivity contribution in [2.45, 2.75) is 46.7 Å². The van der Waals surface area contributed by atoms with Crippen molar-refractivity contribution in [3.63, 3.8) is 0 Å². The summed E-state index contributed by atoms with van der Waals surface area (Å²) < 4.78 is 6.99. The van der Waals surface area contributed by atoms with E-state index in [0.717, 1.165) is 22.8 Å². The van der Waals surface area contributed by atoms with E-state index in [2.05, 4.69) is 41.7 Å². The molecule has 0 aliphatic carbocycles. The topological polar surface area (TPSA) is 55.6 Å². The van der Waals surface area contributed by atoms with Crippen LogP contribution in [0.1, 0.15) is 36.5 Å². The molecule has 0 amide bonds. The maximum absolute atomic E-state index is 11.9. The third-order valence-electron chi connectivity index (χ3n) is 3.45. The Morgan fingerprint density at radius 3 is 2.81 bits per heavy atom. The smallest absolute Gasteiger partial charge is 0.322 e. The SMILES string of the molecule is COC(=O)C(CC(C)C)NCc1c(C)nc2sc(C)cn12. The molecule has 116 valence electrons. The molecule has 2 aromatic rings. The van der Waals surface area contributed by atoms with Crippen LogP contribution in [0, 0.1) is 19.8 Å². The predicted molar refractivity (Wildman–Crippen MR) is 84.6 cm³/mol. The molecule has 0 aliphatic heterocycles. The van der Waals surface area contributed by atoms with Gasteiger partial charge in [0, 0.05) is 17.6 Å². The van der Waals surface area contributed by atoms with Gasteiger partial charge >= 0.3 is 5.97 Å². The van der Waals surface area contributed by atoms with Gasteiger partial charge < -0.3 is 4.74 Å². The molecule has 2 rings (SSSR count). The predicted octanol–water partition coefficient (Wildman–Crippen LogP) is 2.69. The van der Waals surface area contributed by atoms with Gasteiger partial charge in [0.15, 0.2) is 4.96 Å². The molecular weight excluding hydrogens is 286 g/mol. The molecule has 21 heavy (non-hydrogen) atoms. The molecule has 0 aromatic carbocycles. The average molecular weight is 309 g/mol. The van der Waals surface area contributed by atoms with Crippen molar-refractivity contribution < 1.29 is 9.53 Å². The zero-order chi connectivity index (χ0) is 15.6. The Kier molecular flexibility index (Phi) is 5.00. The molecule has 2 heterocycles. The first-order valence-corrected chi connectivity index (χ1v) is 7.99. The fraction of sp³-hybridized carbons (Fsp3) is 0.600. The Labute approximate surface area is 129 Å². The average Bonchev–Trinajstić information content (AvgIpc) is 2.89. The van der Waals surface area contributed by atoms with Gasteiger partial charge in [0.05, 0.1) is 18.5 Å². The van der Waals surface area contributed by atoms with Crippen molar-refractivity contribution in [1.82, 2.24) is 14.7 Å². The first-order valence-electron chi connectivity index (χ1n) is 7.17. The summed E-state index contributed by atoms with van der Waals surface area (Å²) in [5, 5.41) is 3.32. The highest BCUT2D eigenvalue weighted by Crippen LogP contribution is 2.20. The summed E-state index contributed by atoms with van der Waals surface area (Å²) in [5.74, 6) is 0.222. The molecule has 0 spiro atoms. The van der Waals surface area contributed by atoms with Gasteiger partial charge in [-0.1, -0.05) is 13.8 Å². The number of aromatic nitrogens is 2. The minimum Gasteiger partial charge on any atom is -0.468 e. The Morgan fingerprint density at radius 1 is 1.48 bits per heavy atom. The van der Waals surface area contributed by atoms with Gasteiger partial charge in [0.1, 0.15) is 6.04 Å². The lowest BCUT2D eigenvalue weighted by atomic mass is 10.0. The van der Waals surface area contributed by atoms with Gasteiger partial charge in [-0.2, -0.15) is 0 Å². The third kappa shape index (κ3) is 3.63. The molecule has 5 nitrogen and oxygen atoms in total. The number of ether oxygens (including phenoxy) is 1. The maximum Gasteiger partial charge on any atom is 0.322 e. The summed E-state index contributed by atoms with van der Waals surface area (Å²) >= 11 is 1.68. The van der Waals surface area contributed by atoms with Crippen LogP contribution in [0.3, 0.4) is 0 Å². The van der Waals surface area contributed by atoms with E-state index in [1.807, 2.05) is 6.92 Å². The first-order chi connectivity index (χ1) is 9.92. The van der Waals surface area contributed by atoms with E-state index in [0.29, 0.717) is 12.5 Å². The van der Waals surface area contributed by atoms with E-state index in [4.69, 9.17) is 4.74 Å². The number of fused-ring (bicyclic) bond motifs is 1. The monoisotopic (exact) mass is 309 g/mol. The van der Waals surface area contributed by atoms with E-state index >= 15 is 0 Å². The molecule has 0 bridgehead atoms. The number of rotatable bonds is 6. The minimum absolute atomic E-state index is 0.205. The number of esters is 1. The Balaban J connectivity index is 2.14. The number of imidazole rings is 1. The fourth-order valence-electron chi connectivity index (χ4n) is 2.42. The Hall–Kier alpha value is -1.40. The van der Waals surface area contributed by atoms with Crippen molar-refractivity contribution in [3.8, 4) is 0 Å². The van der Waals surface area contributed by atoms with Gasteiger partial charge in [-0.05, 0) is 26.2 Å². The summed E-state index contributed by atoms with van der Waals surface area (Å²) in [5.41, 5.74) is 2.11. The lowest BCUT2D eigenvalue weighted by Gasteiger charge is -2.18. The van der Waals surface area contributed by atoms with Gasteiger partial charge in [-0.25, -0.2) is 4.98 Å². The lowest BCUT2D eigenvalue weighted by molar-refractivity contribution is -0.143. The van der Waals surface area contributed by atoms with Crippen molar-refractivity contribution >= 4 is 22.3 Å². The maximum atomic E-state index is 11.9. The normalized spacial score (nSPS) is 13.0. The van der Waals surface area contributed by atoms with Crippen LogP contribution in [0.4, 0.5) is 0 Å². The first kappa shape index (κ1) is 16.0. The van der Waals surface area contributed by atoms with Crippen LogP contribution in [0.5, 0.6) is 0 Å². The largest absolute Gasteiger partial charge is 0.468 e. The summed E-state index contributed by atoms with van der Waals surface area (Å²) in [6.45, 7) is 8.88. The number of nitrogens with zero attached hydrogens (tertiary/aromatic N) is 2. The second-order valence-corrected chi connectivity index (χ2v) is 6.94. The van der Waals surface area contributed by atoms with Gasteiger partial charge in [-0.15, -0.1) is 11.3 Å². The quantitative estimate of drug-likeness (QED) is 0.834. The highest BCUT2D eigenvalue weighted by atomic mass is 32.1. The number of thiazole rings is 1. The number of hydrogen-bond acceptors (Lipinski definition) is 5. The van der Waals surface area contributed by atoms with Crippen LogP contribution < -0.4 is 5.32 Å². The standard InChI is InChI=1S/C15H23N3O2S/c1-9(2)6-12(14(19)20-5)16-7-13-11(4)17-15-18(13)8-10(3)21-15/h8-9,12,16H,6-7H2,1-5H3. The van der Waals surface area contributed by atoms with Crippen LogP contribution in [0.15, 0.2) is 6.20 Å². The second-order valence-electron chi connectivity index (χ2n) is 5.72. The van der Waals surface area contributed by atoms with Gasteiger partial charge in [-0.3, -0.25) is 14.5 Å². The minimum atomic E-state index is -0.278. The molecule has 0 fully saturated rings. The molecule has 1 N–H and O–H groups in total. The van der Waals surface area contributed by atoms with Crippen molar-refractivity contribution in [2.75, 3.05) is 7.11 Å². The number of aryl methyl sites for hydroxylation is 2. The molecule has 0 radical (unpaired) electrons. The van der Waals surface area contributed by atoms with E-state index < -0.39 is 0 Å². The Bertz CT molecular complexity index is 630. The van der Waals surface area contributed by atoms with Crippen LogP contribution in [0.2, 0.25) is 0 Å².